The molecule has 3 atom stereocenters. The molecule has 0 aliphatic carbocycles. The lowest BCUT2D eigenvalue weighted by Gasteiger charge is -2.47. The maximum atomic E-state index is 12.5. The summed E-state index contributed by atoms with van der Waals surface area (Å²) in [5.74, 6) is 0.293. The number of hydrogen-bond acceptors (Lipinski definition) is 3. The molecular weight excluding hydrogens is 397 g/mol. The molecule has 3 rings (SSSR count). The number of alkyl halides is 3. The number of carbonyl (C=O) groups is 1. The Hall–Kier alpha value is -0.750. The normalized spacial score (nSPS) is 24.7. The van der Waals surface area contributed by atoms with E-state index < -0.39 is 15.4 Å². The molecule has 0 radical (unpaired) electrons. The van der Waals surface area contributed by atoms with Crippen molar-refractivity contribution in [1.29, 1.82) is 0 Å². The molecule has 3 heterocycles. The zero-order valence-corrected chi connectivity index (χ0v) is 17.4. The Balaban J connectivity index is 1.87. The average Bonchev–Trinajstić information content (AvgIpc) is 2.51. The summed E-state index contributed by atoms with van der Waals surface area (Å²) in [5.41, 5.74) is 0.466. The second-order valence-electron chi connectivity index (χ2n) is 8.32. The van der Waals surface area contributed by atoms with Gasteiger partial charge in [-0.2, -0.15) is 0 Å². The Morgan fingerprint density at radius 1 is 1.19 bits per heavy atom. The van der Waals surface area contributed by atoms with Crippen molar-refractivity contribution in [3.05, 3.63) is 34.2 Å². The fourth-order valence-electron chi connectivity index (χ4n) is 3.87. The van der Waals surface area contributed by atoms with Gasteiger partial charge in [0.2, 0.25) is 9.70 Å². The Bertz CT molecular complexity index is 751. The quantitative estimate of drug-likeness (QED) is 0.748. The lowest BCUT2D eigenvalue weighted by Crippen LogP contribution is -2.61. The van der Waals surface area contributed by atoms with E-state index in [1.54, 1.807) is 12.1 Å². The SMILES string of the molecule is CC(C)(C)C(=O)N[C@@H](N1C[C@@H]2C[C@H](C1)c1cccc(=O)n1C2)C(Cl)(Cl)Cl. The minimum atomic E-state index is -1.65. The predicted octanol–water partition coefficient (Wildman–Crippen LogP) is 3.13. The van der Waals surface area contributed by atoms with E-state index in [0.717, 1.165) is 12.1 Å². The van der Waals surface area contributed by atoms with Gasteiger partial charge < -0.3 is 9.88 Å². The van der Waals surface area contributed by atoms with Crippen molar-refractivity contribution in [3.8, 4) is 0 Å². The molecule has 0 aromatic carbocycles. The van der Waals surface area contributed by atoms with E-state index in [-0.39, 0.29) is 23.3 Å². The standard InChI is InChI=1S/C18H24Cl3N3O2/c1-17(2,3)16(26)22-15(18(19,20)21)23-8-11-7-12(10-23)13-5-4-6-14(25)24(13)9-11/h4-6,11-12,15H,7-10H2,1-3H3,(H,22,26)/t11-,12+,15-/m0/s1. The summed E-state index contributed by atoms with van der Waals surface area (Å²) in [6.45, 7) is 7.42. The molecule has 26 heavy (non-hydrogen) atoms. The van der Waals surface area contributed by atoms with Gasteiger partial charge in [0.15, 0.2) is 0 Å². The van der Waals surface area contributed by atoms with Crippen LogP contribution in [0.1, 0.15) is 38.8 Å². The Kier molecular flexibility index (Phi) is 5.39. The Morgan fingerprint density at radius 3 is 2.50 bits per heavy atom. The number of likely N-dealkylation sites (tertiary alicyclic amines) is 1. The van der Waals surface area contributed by atoms with Gasteiger partial charge in [-0.1, -0.05) is 61.6 Å². The van der Waals surface area contributed by atoms with Gasteiger partial charge in [-0.05, 0) is 18.4 Å². The molecule has 1 N–H and O–H groups in total. The second-order valence-corrected chi connectivity index (χ2v) is 10.7. The zero-order valence-electron chi connectivity index (χ0n) is 15.1. The summed E-state index contributed by atoms with van der Waals surface area (Å²) in [7, 11) is 0. The predicted molar refractivity (Wildman–Crippen MR) is 105 cm³/mol. The van der Waals surface area contributed by atoms with Crippen LogP contribution in [0.5, 0.6) is 0 Å². The number of carbonyl (C=O) groups excluding carboxylic acids is 1. The third-order valence-electron chi connectivity index (χ3n) is 5.13. The van der Waals surface area contributed by atoms with Crippen LogP contribution >= 0.6 is 34.8 Å². The largest absolute Gasteiger partial charge is 0.336 e. The molecular formula is C18H24Cl3N3O2. The molecule has 2 aliphatic heterocycles. The van der Waals surface area contributed by atoms with E-state index in [0.29, 0.717) is 19.6 Å². The van der Waals surface area contributed by atoms with Crippen LogP contribution in [0, 0.1) is 11.3 Å². The number of pyridine rings is 1. The third kappa shape index (κ3) is 4.06. The molecule has 1 saturated heterocycles. The van der Waals surface area contributed by atoms with Crippen molar-refractivity contribution < 1.29 is 4.79 Å². The van der Waals surface area contributed by atoms with Crippen molar-refractivity contribution in [2.45, 2.75) is 49.6 Å². The van der Waals surface area contributed by atoms with Gasteiger partial charge in [0, 0.05) is 42.7 Å². The van der Waals surface area contributed by atoms with E-state index in [9.17, 15) is 9.59 Å². The number of fused-ring (bicyclic) bond motifs is 4. The first-order chi connectivity index (χ1) is 12.0. The maximum Gasteiger partial charge on any atom is 0.250 e. The molecule has 1 fully saturated rings. The number of rotatable bonds is 2. The molecule has 1 aromatic heterocycles. The molecule has 8 heteroatoms. The number of aromatic nitrogens is 1. The van der Waals surface area contributed by atoms with Crippen molar-refractivity contribution >= 4 is 40.7 Å². The number of hydrogen-bond donors (Lipinski definition) is 1. The van der Waals surface area contributed by atoms with Crippen LogP contribution in [-0.4, -0.2) is 38.4 Å². The minimum Gasteiger partial charge on any atom is -0.336 e. The van der Waals surface area contributed by atoms with E-state index in [1.807, 2.05) is 36.3 Å². The Morgan fingerprint density at radius 2 is 1.88 bits per heavy atom. The first-order valence-corrected chi connectivity index (χ1v) is 9.91. The van der Waals surface area contributed by atoms with Crippen molar-refractivity contribution in [1.82, 2.24) is 14.8 Å². The summed E-state index contributed by atoms with van der Waals surface area (Å²) in [6, 6.07) is 5.38. The highest BCUT2D eigenvalue weighted by molar-refractivity contribution is 6.68. The zero-order chi connectivity index (χ0) is 19.3. The second kappa shape index (κ2) is 7.01. The van der Waals surface area contributed by atoms with Crippen molar-refractivity contribution in [3.63, 3.8) is 0 Å². The van der Waals surface area contributed by atoms with Crippen LogP contribution in [0.4, 0.5) is 0 Å². The van der Waals surface area contributed by atoms with E-state index in [4.69, 9.17) is 34.8 Å². The fraction of sp³-hybridized carbons (Fsp3) is 0.667. The third-order valence-corrected chi connectivity index (χ3v) is 5.75. The van der Waals surface area contributed by atoms with Crippen molar-refractivity contribution in [2.75, 3.05) is 13.1 Å². The monoisotopic (exact) mass is 419 g/mol. The summed E-state index contributed by atoms with van der Waals surface area (Å²) < 4.78 is 0.206. The summed E-state index contributed by atoms with van der Waals surface area (Å²) >= 11 is 18.7. The smallest absolute Gasteiger partial charge is 0.250 e. The molecule has 2 bridgehead atoms. The summed E-state index contributed by atoms with van der Waals surface area (Å²) in [5, 5.41) is 2.91. The number of nitrogens with zero attached hydrogens (tertiary/aromatic N) is 2. The van der Waals surface area contributed by atoms with Crippen LogP contribution < -0.4 is 10.9 Å². The van der Waals surface area contributed by atoms with Crippen LogP contribution in [0.25, 0.3) is 0 Å². The number of halogens is 3. The van der Waals surface area contributed by atoms with Crippen LogP contribution in [0.15, 0.2) is 23.0 Å². The molecule has 1 aromatic rings. The highest BCUT2D eigenvalue weighted by Crippen LogP contribution is 2.40. The van der Waals surface area contributed by atoms with Gasteiger partial charge in [0.05, 0.1) is 0 Å². The fourth-order valence-corrected chi connectivity index (χ4v) is 4.44. The van der Waals surface area contributed by atoms with Crippen LogP contribution in [0.2, 0.25) is 0 Å². The van der Waals surface area contributed by atoms with E-state index in [1.165, 1.54) is 0 Å². The van der Waals surface area contributed by atoms with E-state index >= 15 is 0 Å². The molecule has 144 valence electrons. The first-order valence-electron chi connectivity index (χ1n) is 8.78. The highest BCUT2D eigenvalue weighted by Gasteiger charge is 2.45. The summed E-state index contributed by atoms with van der Waals surface area (Å²) in [6.07, 6.45) is 0.284. The van der Waals surface area contributed by atoms with Gasteiger partial charge in [-0.15, -0.1) is 0 Å². The minimum absolute atomic E-state index is 0.0320. The average molecular weight is 421 g/mol. The first kappa shape index (κ1) is 20.0. The molecule has 0 spiro atoms. The molecule has 2 aliphatic rings. The van der Waals surface area contributed by atoms with Crippen molar-refractivity contribution in [2.24, 2.45) is 11.3 Å². The number of amides is 1. The lowest BCUT2D eigenvalue weighted by atomic mass is 9.83. The van der Waals surface area contributed by atoms with Gasteiger partial charge in [-0.25, -0.2) is 0 Å². The Labute approximate surface area is 168 Å². The molecule has 0 saturated carbocycles. The highest BCUT2D eigenvalue weighted by atomic mass is 35.6. The van der Waals surface area contributed by atoms with E-state index in [2.05, 4.69) is 5.32 Å². The van der Waals surface area contributed by atoms with Crippen LogP contribution in [0.3, 0.4) is 0 Å². The molecule has 5 nitrogen and oxygen atoms in total. The van der Waals surface area contributed by atoms with Gasteiger partial charge in [0.1, 0.15) is 6.17 Å². The van der Waals surface area contributed by atoms with Gasteiger partial charge in [0.25, 0.3) is 5.56 Å². The maximum absolute atomic E-state index is 12.5. The number of piperidine rings is 1. The molecule has 1 amide bonds. The van der Waals surface area contributed by atoms with Gasteiger partial charge in [-0.3, -0.25) is 14.5 Å². The lowest BCUT2D eigenvalue weighted by molar-refractivity contribution is -0.131. The van der Waals surface area contributed by atoms with Gasteiger partial charge >= 0.3 is 0 Å². The van der Waals surface area contributed by atoms with Crippen LogP contribution in [-0.2, 0) is 11.3 Å². The molecule has 0 unspecified atom stereocenters. The topological polar surface area (TPSA) is 54.3 Å². The summed E-state index contributed by atoms with van der Waals surface area (Å²) in [4.78, 5) is 26.7. The number of nitrogens with one attached hydrogen (secondary N) is 1.